The first-order chi connectivity index (χ1) is 18.2. The molecule has 1 aromatic heterocycles. The largest absolute Gasteiger partial charge is 0.461 e. The van der Waals surface area contributed by atoms with Crippen molar-refractivity contribution in [1.82, 2.24) is 20.9 Å². The monoisotopic (exact) mass is 542 g/mol. The molecule has 2 aromatic carbocycles. The Morgan fingerprint density at radius 2 is 1.79 bits per heavy atom. The Bertz CT molecular complexity index is 1240. The molecule has 0 bridgehead atoms. The second-order valence-corrected chi connectivity index (χ2v) is 9.76. The third kappa shape index (κ3) is 7.56. The molecule has 2 atom stereocenters. The summed E-state index contributed by atoms with van der Waals surface area (Å²) in [6.07, 6.45) is 0.419. The number of ether oxygens (including phenoxy) is 1. The zero-order valence-corrected chi connectivity index (χ0v) is 22.6. The van der Waals surface area contributed by atoms with E-state index in [0.717, 1.165) is 5.56 Å². The lowest BCUT2D eigenvalue weighted by atomic mass is 9.97. The van der Waals surface area contributed by atoms with Crippen LogP contribution in [0.1, 0.15) is 54.8 Å². The van der Waals surface area contributed by atoms with E-state index in [4.69, 9.17) is 16.3 Å². The molecule has 5 N–H and O–H groups in total. The first-order valence-electron chi connectivity index (χ1n) is 12.7. The zero-order valence-electron chi connectivity index (χ0n) is 21.8. The van der Waals surface area contributed by atoms with E-state index in [1.807, 2.05) is 44.2 Å². The quantitative estimate of drug-likeness (QED) is 0.210. The molecule has 1 unspecified atom stereocenters. The normalized spacial score (nSPS) is 12.8. The van der Waals surface area contributed by atoms with E-state index in [9.17, 15) is 19.5 Å². The minimum absolute atomic E-state index is 0.0830. The van der Waals surface area contributed by atoms with Gasteiger partial charge in [0.15, 0.2) is 0 Å². The number of amides is 2. The van der Waals surface area contributed by atoms with E-state index < -0.39 is 24.0 Å². The van der Waals surface area contributed by atoms with E-state index >= 15 is 0 Å². The third-order valence-electron chi connectivity index (χ3n) is 5.94. The van der Waals surface area contributed by atoms with Crippen LogP contribution in [0.15, 0.2) is 48.5 Å². The van der Waals surface area contributed by atoms with Crippen molar-refractivity contribution in [1.29, 1.82) is 0 Å². The average Bonchev–Trinajstić information content (AvgIpc) is 3.27. The number of nitrogens with one attached hydrogen (secondary N) is 4. The maximum absolute atomic E-state index is 13.8. The van der Waals surface area contributed by atoms with Gasteiger partial charge in [-0.15, -0.1) is 0 Å². The van der Waals surface area contributed by atoms with Gasteiger partial charge in [-0.05, 0) is 37.0 Å². The second-order valence-electron chi connectivity index (χ2n) is 9.32. The highest BCUT2D eigenvalue weighted by atomic mass is 35.5. The van der Waals surface area contributed by atoms with Crippen LogP contribution in [0.2, 0.25) is 5.02 Å². The highest BCUT2D eigenvalue weighted by Crippen LogP contribution is 2.32. The van der Waals surface area contributed by atoms with Crippen molar-refractivity contribution in [2.24, 2.45) is 5.92 Å². The van der Waals surface area contributed by atoms with Gasteiger partial charge in [-0.2, -0.15) is 0 Å². The molecule has 0 spiro atoms. The molecule has 9 nitrogen and oxygen atoms in total. The fourth-order valence-electron chi connectivity index (χ4n) is 4.26. The number of aliphatic hydroxyl groups is 1. The van der Waals surface area contributed by atoms with Gasteiger partial charge in [0.1, 0.15) is 11.7 Å². The Labute approximate surface area is 227 Å². The summed E-state index contributed by atoms with van der Waals surface area (Å²) in [4.78, 5) is 42.9. The number of rotatable bonds is 13. The Hall–Kier alpha value is -3.40. The van der Waals surface area contributed by atoms with E-state index in [1.54, 1.807) is 25.1 Å². The smallest absolute Gasteiger partial charge is 0.355 e. The predicted molar refractivity (Wildman–Crippen MR) is 147 cm³/mol. The maximum atomic E-state index is 13.8. The summed E-state index contributed by atoms with van der Waals surface area (Å²) in [5.74, 6) is -1.28. The van der Waals surface area contributed by atoms with Crippen LogP contribution < -0.4 is 16.0 Å². The third-order valence-corrected chi connectivity index (χ3v) is 6.18. The molecule has 0 fully saturated rings. The van der Waals surface area contributed by atoms with E-state index in [2.05, 4.69) is 20.9 Å². The number of carbonyl (C=O) groups is 3. The molecule has 0 saturated carbocycles. The fraction of sp³-hybridized carbons (Fsp3) is 0.393. The number of hydrogen-bond donors (Lipinski definition) is 5. The topological polar surface area (TPSA) is 133 Å². The molecule has 2 amide bonds. The van der Waals surface area contributed by atoms with Crippen LogP contribution in [-0.4, -0.2) is 53.7 Å². The Morgan fingerprint density at radius 3 is 2.45 bits per heavy atom. The molecule has 0 aliphatic heterocycles. The maximum Gasteiger partial charge on any atom is 0.355 e. The molecule has 38 heavy (non-hydrogen) atoms. The van der Waals surface area contributed by atoms with Crippen molar-refractivity contribution < 1.29 is 24.2 Å². The summed E-state index contributed by atoms with van der Waals surface area (Å²) >= 11 is 6.21. The average molecular weight is 543 g/mol. The van der Waals surface area contributed by atoms with Gasteiger partial charge in [-0.3, -0.25) is 14.9 Å². The van der Waals surface area contributed by atoms with Gasteiger partial charge in [0.2, 0.25) is 11.8 Å². The molecule has 0 radical (unpaired) electrons. The summed E-state index contributed by atoms with van der Waals surface area (Å²) in [6.45, 7) is 5.91. The van der Waals surface area contributed by atoms with Gasteiger partial charge < -0.3 is 25.5 Å². The lowest BCUT2D eigenvalue weighted by Gasteiger charge is -2.26. The number of aromatic nitrogens is 1. The van der Waals surface area contributed by atoms with E-state index in [0.29, 0.717) is 27.9 Å². The lowest BCUT2D eigenvalue weighted by molar-refractivity contribution is -0.126. The lowest BCUT2D eigenvalue weighted by Crippen LogP contribution is -2.50. The van der Waals surface area contributed by atoms with Gasteiger partial charge in [-0.1, -0.05) is 61.8 Å². The molecule has 1 heterocycles. The van der Waals surface area contributed by atoms with Crippen LogP contribution in [0.5, 0.6) is 0 Å². The molecule has 204 valence electrons. The van der Waals surface area contributed by atoms with Crippen LogP contribution in [-0.2, 0) is 20.9 Å². The number of fused-ring (bicyclic) bond motifs is 1. The standard InChI is InChI=1S/C28H35ClN4O5/c1-4-38-28(37)25-23(20-11-10-19(29)15-21(20)32-25)24(27(36)31-16-18-8-6-5-7-9-18)33-22(14-17(2)3)26(35)30-12-13-34/h5-11,15,17,22,24,32-34H,4,12-14,16H2,1-3H3,(H,30,35)(H,31,36)/t22-,24?/m0/s1. The van der Waals surface area contributed by atoms with Gasteiger partial charge >= 0.3 is 5.97 Å². The van der Waals surface area contributed by atoms with Crippen LogP contribution in [0, 0.1) is 5.92 Å². The Balaban J connectivity index is 2.09. The molecule has 3 rings (SSSR count). The minimum atomic E-state index is -1.09. The van der Waals surface area contributed by atoms with Crippen LogP contribution >= 0.6 is 11.6 Å². The number of halogens is 1. The highest BCUT2D eigenvalue weighted by molar-refractivity contribution is 6.31. The number of hydrogen-bond acceptors (Lipinski definition) is 6. The van der Waals surface area contributed by atoms with Gasteiger partial charge in [-0.25, -0.2) is 4.79 Å². The molecule has 0 aliphatic carbocycles. The SMILES string of the molecule is CCOC(=O)c1[nH]c2cc(Cl)ccc2c1C(N[C@@H](CC(C)C)C(=O)NCCO)C(=O)NCc1ccccc1. The number of carbonyl (C=O) groups excluding carboxylic acids is 3. The number of esters is 1. The number of aromatic amines is 1. The molecule has 10 heteroatoms. The predicted octanol–water partition coefficient (Wildman–Crippen LogP) is 3.47. The van der Waals surface area contributed by atoms with E-state index in [1.165, 1.54) is 0 Å². The van der Waals surface area contributed by atoms with E-state index in [-0.39, 0.29) is 43.8 Å². The fourth-order valence-corrected chi connectivity index (χ4v) is 4.43. The summed E-state index contributed by atoms with van der Waals surface area (Å²) < 4.78 is 5.29. The van der Waals surface area contributed by atoms with Crippen molar-refractivity contribution in [3.8, 4) is 0 Å². The van der Waals surface area contributed by atoms with Crippen molar-refractivity contribution >= 4 is 40.3 Å². The molecule has 3 aromatic rings. The highest BCUT2D eigenvalue weighted by Gasteiger charge is 2.34. The number of benzene rings is 2. The Morgan fingerprint density at radius 1 is 1.05 bits per heavy atom. The second kappa shape index (κ2) is 13.9. The summed E-state index contributed by atoms with van der Waals surface area (Å²) in [5.41, 5.74) is 1.93. The van der Waals surface area contributed by atoms with Gasteiger partial charge in [0, 0.05) is 34.6 Å². The number of aliphatic hydroxyl groups excluding tert-OH is 1. The summed E-state index contributed by atoms with van der Waals surface area (Å²) in [5, 5.41) is 19.1. The zero-order chi connectivity index (χ0) is 27.7. The van der Waals surface area contributed by atoms with Crippen LogP contribution in [0.25, 0.3) is 10.9 Å². The molecular weight excluding hydrogens is 508 g/mol. The van der Waals surface area contributed by atoms with Crippen LogP contribution in [0.3, 0.4) is 0 Å². The van der Waals surface area contributed by atoms with Crippen molar-refractivity contribution in [2.45, 2.75) is 45.8 Å². The first kappa shape index (κ1) is 29.2. The molecule has 0 aliphatic rings. The molecule has 0 saturated heterocycles. The minimum Gasteiger partial charge on any atom is -0.461 e. The molecular formula is C28H35ClN4O5. The van der Waals surface area contributed by atoms with Gasteiger partial charge in [0.25, 0.3) is 0 Å². The number of H-pyrrole nitrogens is 1. The van der Waals surface area contributed by atoms with Crippen LogP contribution in [0.4, 0.5) is 0 Å². The summed E-state index contributed by atoms with van der Waals surface area (Å²) in [6, 6.07) is 12.6. The Kier molecular flexibility index (Phi) is 10.7. The summed E-state index contributed by atoms with van der Waals surface area (Å²) in [7, 11) is 0. The van der Waals surface area contributed by atoms with Gasteiger partial charge in [0.05, 0.1) is 19.3 Å². The van der Waals surface area contributed by atoms with Crippen molar-refractivity contribution in [3.63, 3.8) is 0 Å². The van der Waals surface area contributed by atoms with Crippen molar-refractivity contribution in [3.05, 3.63) is 70.4 Å². The first-order valence-corrected chi connectivity index (χ1v) is 13.1. The van der Waals surface area contributed by atoms with Crippen molar-refractivity contribution in [2.75, 3.05) is 19.8 Å².